The first-order valence-electron chi connectivity index (χ1n) is 25.3. The van der Waals surface area contributed by atoms with Gasteiger partial charge in [0, 0.05) is 44.2 Å². The van der Waals surface area contributed by atoms with Gasteiger partial charge in [-0.3, -0.25) is 38.6 Å². The largest absolute Gasteiger partial charge is 0.445 e. The molecule has 4 aromatic heterocycles. The molecule has 2 aliphatic heterocycles. The van der Waals surface area contributed by atoms with E-state index in [9.17, 15) is 42.3 Å². The zero-order valence-corrected chi connectivity index (χ0v) is 45.3. The zero-order chi connectivity index (χ0) is 57.6. The van der Waals surface area contributed by atoms with Crippen molar-refractivity contribution in [2.24, 2.45) is 5.92 Å². The maximum absolute atomic E-state index is 15.2. The number of rotatable bonds is 20. The Morgan fingerprint density at radius 3 is 2.35 bits per heavy atom. The van der Waals surface area contributed by atoms with Gasteiger partial charge in [-0.25, -0.2) is 38.1 Å². The number of benzene rings is 2. The van der Waals surface area contributed by atoms with E-state index in [1.165, 1.54) is 59.3 Å². The second kappa shape index (κ2) is 24.5. The first kappa shape index (κ1) is 58.1. The van der Waals surface area contributed by atoms with Crippen molar-refractivity contribution in [3.63, 3.8) is 0 Å². The number of aliphatic hydroxyl groups excluding tert-OH is 1. The number of fused-ring (bicyclic) bond motifs is 2. The number of hydrogen-bond donors (Lipinski definition) is 7. The highest BCUT2D eigenvalue weighted by molar-refractivity contribution is 7.84. The number of carbonyl (C=O) groups excluding carboxylic acids is 5. The molecule has 428 valence electrons. The number of amides is 5. The number of aromatic amines is 1. The van der Waals surface area contributed by atoms with Gasteiger partial charge in [-0.1, -0.05) is 44.2 Å². The molecule has 2 fully saturated rings. The Morgan fingerprint density at radius 1 is 0.912 bits per heavy atom. The molecule has 0 unspecified atom stereocenters. The van der Waals surface area contributed by atoms with E-state index in [0.717, 1.165) is 0 Å². The van der Waals surface area contributed by atoms with Crippen LogP contribution in [-0.2, 0) is 56.2 Å². The number of aliphatic hydroxyl groups is 1. The van der Waals surface area contributed by atoms with E-state index in [0.29, 0.717) is 28.0 Å². The van der Waals surface area contributed by atoms with Gasteiger partial charge in [0.2, 0.25) is 17.8 Å². The van der Waals surface area contributed by atoms with Gasteiger partial charge in [0.05, 0.1) is 37.7 Å². The molecule has 30 heteroatoms. The summed E-state index contributed by atoms with van der Waals surface area (Å²) in [4.78, 5) is 103. The lowest BCUT2D eigenvalue weighted by atomic mass is 10.0. The van der Waals surface area contributed by atoms with Crippen LogP contribution in [0.1, 0.15) is 88.3 Å². The number of nitrogens with one attached hydrogen (secondary N) is 6. The molecule has 2 saturated heterocycles. The van der Waals surface area contributed by atoms with E-state index in [-0.39, 0.29) is 61.1 Å². The molecule has 8 atom stereocenters. The first-order valence-corrected chi connectivity index (χ1v) is 26.7. The van der Waals surface area contributed by atoms with Crippen LogP contribution in [0.4, 0.5) is 25.6 Å². The number of aromatic nitrogens is 8. The number of alkyl halides is 1. The Bertz CT molecular complexity index is 3410. The summed E-state index contributed by atoms with van der Waals surface area (Å²) in [6, 6.07) is 10.9. The molecule has 2 aliphatic rings. The molecule has 0 aliphatic carbocycles. The van der Waals surface area contributed by atoms with E-state index >= 15 is 4.39 Å². The van der Waals surface area contributed by atoms with E-state index in [1.807, 2.05) is 0 Å². The quantitative estimate of drug-likeness (QED) is 0.0577. The van der Waals surface area contributed by atoms with Crippen LogP contribution in [0, 0.1) is 5.92 Å². The van der Waals surface area contributed by atoms with Crippen LogP contribution >= 0.6 is 0 Å². The van der Waals surface area contributed by atoms with Crippen LogP contribution in [0.15, 0.2) is 78.5 Å². The molecular formula is C50H61FN14O14S. The summed E-state index contributed by atoms with van der Waals surface area (Å²) in [7, 11) is -3.13. The molecule has 0 saturated carbocycles. The van der Waals surface area contributed by atoms with Crippen LogP contribution < -0.4 is 31.5 Å². The number of alkyl carbamates (subject to hydrolysis) is 1. The van der Waals surface area contributed by atoms with Gasteiger partial charge >= 0.3 is 22.5 Å². The van der Waals surface area contributed by atoms with E-state index in [1.54, 1.807) is 77.1 Å². The maximum Gasteiger partial charge on any atom is 0.410 e. The maximum atomic E-state index is 15.2. The minimum absolute atomic E-state index is 0.0969. The smallest absolute Gasteiger partial charge is 0.410 e. The van der Waals surface area contributed by atoms with E-state index in [4.69, 9.17) is 23.1 Å². The number of carbonyl (C=O) groups is 5. The lowest BCUT2D eigenvalue weighted by molar-refractivity contribution is -0.128. The summed E-state index contributed by atoms with van der Waals surface area (Å²) in [6.45, 7) is 8.93. The summed E-state index contributed by atoms with van der Waals surface area (Å²) in [5.41, 5.74) is 0.339. The van der Waals surface area contributed by atoms with Crippen molar-refractivity contribution in [3.05, 3.63) is 101 Å². The normalized spacial score (nSPS) is 20.1. The van der Waals surface area contributed by atoms with Crippen LogP contribution in [0.3, 0.4) is 0 Å². The van der Waals surface area contributed by atoms with Gasteiger partial charge in [-0.15, -0.1) is 0 Å². The lowest BCUT2D eigenvalue weighted by Gasteiger charge is -2.26. The van der Waals surface area contributed by atoms with Gasteiger partial charge in [-0.2, -0.15) is 18.1 Å². The molecule has 28 nitrogen and oxygen atoms in total. The predicted octanol–water partition coefficient (Wildman–Crippen LogP) is 3.10. The number of halogens is 1. The fraction of sp³-hybridized carbons (Fsp3) is 0.460. The third-order valence-electron chi connectivity index (χ3n) is 12.6. The molecule has 8 rings (SSSR count). The van der Waals surface area contributed by atoms with Crippen LogP contribution in [-0.4, -0.2) is 150 Å². The SMILES string of the molecule is CC(C)[C@H](NC(=O)OC(C)(C)C)C(=O)N[C@@H](C)C(=O)Nc1ccc(COC(=O)N(C)Cc2ccccc2C(=O)Nc2nc3c(ncn3[C@@H]3O[C@H](CO)C[C@H]3OS(=O)(=O)NC[C@@H]3C[C@@H](F)[C@H](n4cnc5cncnc54)O3)c(=O)[nH]2)cc1. The minimum Gasteiger partial charge on any atom is -0.445 e. The van der Waals surface area contributed by atoms with E-state index in [2.05, 4.69) is 55.9 Å². The first-order chi connectivity index (χ1) is 37.9. The van der Waals surface area contributed by atoms with Crippen molar-refractivity contribution in [1.82, 2.24) is 59.3 Å². The molecule has 0 spiro atoms. The van der Waals surface area contributed by atoms with Crippen molar-refractivity contribution >= 4 is 74.2 Å². The van der Waals surface area contributed by atoms with Gasteiger partial charge in [-0.05, 0) is 62.9 Å². The molecule has 0 bridgehead atoms. The zero-order valence-electron chi connectivity index (χ0n) is 44.5. The molecule has 0 radical (unpaired) electrons. The number of hydrogen-bond acceptors (Lipinski definition) is 19. The average molecular weight is 1130 g/mol. The Morgan fingerprint density at radius 2 is 1.62 bits per heavy atom. The van der Waals surface area contributed by atoms with Gasteiger partial charge in [0.1, 0.15) is 48.4 Å². The third-order valence-corrected chi connectivity index (χ3v) is 13.6. The Hall–Kier alpha value is -8.03. The monoisotopic (exact) mass is 1130 g/mol. The van der Waals surface area contributed by atoms with Crippen molar-refractivity contribution in [1.29, 1.82) is 0 Å². The van der Waals surface area contributed by atoms with Crippen molar-refractivity contribution in [2.75, 3.05) is 30.8 Å². The molecule has 6 heterocycles. The summed E-state index contributed by atoms with van der Waals surface area (Å²) in [5, 5.41) is 20.5. The molecule has 5 amide bonds. The number of H-pyrrole nitrogens is 1. The highest BCUT2D eigenvalue weighted by Gasteiger charge is 2.43. The predicted molar refractivity (Wildman–Crippen MR) is 281 cm³/mol. The second-order valence-electron chi connectivity index (χ2n) is 20.3. The summed E-state index contributed by atoms with van der Waals surface area (Å²) in [5.74, 6) is -2.45. The highest BCUT2D eigenvalue weighted by atomic mass is 32.2. The molecule has 7 N–H and O–H groups in total. The van der Waals surface area contributed by atoms with Crippen LogP contribution in [0.5, 0.6) is 0 Å². The number of nitrogens with zero attached hydrogens (tertiary/aromatic N) is 8. The fourth-order valence-corrected chi connectivity index (χ4v) is 9.64. The molecular weight excluding hydrogens is 1070 g/mol. The van der Waals surface area contributed by atoms with Gasteiger partial charge in [0.15, 0.2) is 29.3 Å². The highest BCUT2D eigenvalue weighted by Crippen LogP contribution is 2.35. The van der Waals surface area contributed by atoms with Gasteiger partial charge in [0.25, 0.3) is 11.5 Å². The Kier molecular flexibility index (Phi) is 17.8. The second-order valence-corrected chi connectivity index (χ2v) is 21.7. The van der Waals surface area contributed by atoms with Crippen molar-refractivity contribution in [2.45, 2.75) is 122 Å². The van der Waals surface area contributed by atoms with Crippen molar-refractivity contribution < 1.29 is 65.0 Å². The standard InChI is InChI=1S/C50H61FN14O14S/c1-26(2)37(59-48(71)78-50(4,5)6)43(69)57-27(3)41(67)58-30-14-12-28(13-15-30)22-75-49(72)63(7)20-29-10-8-9-11-33(29)42(68)61-47-60-40-38(44(70)62-47)55-25-65(40)46-36(17-32(21-66)77-46)79-80(73,74)56-18-31-16-34(51)45(76-31)64-24-54-35-19-52-23-53-39(35)64/h8-15,19,23-27,31-32,34,36-37,45-46,56,66H,16-18,20-22H2,1-7H3,(H,57,69)(H,58,67)(H,59,71)(H2,60,61,62,68,70)/t27-,31-,32-,34+,36+,37-,45+,46+/m0/s1. The fourth-order valence-electron chi connectivity index (χ4n) is 8.68. The van der Waals surface area contributed by atoms with Crippen LogP contribution in [0.2, 0.25) is 0 Å². The molecule has 80 heavy (non-hydrogen) atoms. The van der Waals surface area contributed by atoms with Crippen molar-refractivity contribution in [3.8, 4) is 0 Å². The summed E-state index contributed by atoms with van der Waals surface area (Å²) < 4.78 is 75.0. The lowest BCUT2D eigenvalue weighted by Crippen LogP contribution is -2.54. The molecule has 6 aromatic rings. The minimum atomic E-state index is -4.60. The van der Waals surface area contributed by atoms with Gasteiger partial charge < -0.3 is 44.9 Å². The summed E-state index contributed by atoms with van der Waals surface area (Å²) in [6.07, 6.45) is -3.60. The van der Waals surface area contributed by atoms with Crippen LogP contribution in [0.25, 0.3) is 22.3 Å². The molecule has 2 aromatic carbocycles. The number of ether oxygens (including phenoxy) is 4. The number of anilines is 2. The topological polar surface area (TPSA) is 356 Å². The third kappa shape index (κ3) is 14.2. The average Bonchev–Trinajstić information content (AvgIpc) is 4.22. The summed E-state index contributed by atoms with van der Waals surface area (Å²) >= 11 is 0. The Balaban J connectivity index is 0.842. The van der Waals surface area contributed by atoms with E-state index < -0.39 is 107 Å². The Labute approximate surface area is 456 Å². The number of imidazole rings is 2.